The molecule has 2 aromatic carbocycles. The van der Waals surface area contributed by atoms with E-state index in [4.69, 9.17) is 0 Å². The lowest BCUT2D eigenvalue weighted by molar-refractivity contribution is -0.140. The number of nitrogens with zero attached hydrogens (tertiary/aromatic N) is 3. The van der Waals surface area contributed by atoms with Gasteiger partial charge >= 0.3 is 5.97 Å². The molecule has 1 fully saturated rings. The van der Waals surface area contributed by atoms with E-state index in [0.29, 0.717) is 32.1 Å². The standard InChI is InChI=1S/C24H27N5O3/c30-20-6-4-17(5-7-20)8-10-26-24-27-11-9-21(28-24)19-3-1-2-18(14-19)15-29-13-12-25-22(16-29)23(31)32/h1-7,9,11,14,22,25,30H,8,10,12-13,15-16H2,(H,31,32)(H,26,27,28). The maximum absolute atomic E-state index is 11.3. The Balaban J connectivity index is 1.38. The molecular weight excluding hydrogens is 406 g/mol. The van der Waals surface area contributed by atoms with Gasteiger partial charge in [0.1, 0.15) is 11.8 Å². The summed E-state index contributed by atoms with van der Waals surface area (Å²) in [7, 11) is 0. The van der Waals surface area contributed by atoms with Crippen LogP contribution in [0.1, 0.15) is 11.1 Å². The van der Waals surface area contributed by atoms with E-state index < -0.39 is 12.0 Å². The third-order valence-corrected chi connectivity index (χ3v) is 5.48. The highest BCUT2D eigenvalue weighted by molar-refractivity contribution is 5.73. The highest BCUT2D eigenvalue weighted by Crippen LogP contribution is 2.20. The van der Waals surface area contributed by atoms with Crippen molar-refractivity contribution in [1.82, 2.24) is 20.2 Å². The SMILES string of the molecule is O=C(O)C1CN(Cc2cccc(-c3ccnc(NCCc4ccc(O)cc4)n3)c2)CCN1. The minimum absolute atomic E-state index is 0.263. The van der Waals surface area contributed by atoms with Crippen LogP contribution in [0.4, 0.5) is 5.95 Å². The Hall–Kier alpha value is -3.49. The van der Waals surface area contributed by atoms with Crippen LogP contribution in [0.2, 0.25) is 0 Å². The zero-order chi connectivity index (χ0) is 22.3. The van der Waals surface area contributed by atoms with Crippen molar-refractivity contribution in [1.29, 1.82) is 0 Å². The number of piperazine rings is 1. The van der Waals surface area contributed by atoms with Crippen LogP contribution in [0.25, 0.3) is 11.3 Å². The van der Waals surface area contributed by atoms with Gasteiger partial charge in [-0.3, -0.25) is 9.69 Å². The minimum atomic E-state index is -0.810. The Labute approximate surface area is 187 Å². The van der Waals surface area contributed by atoms with Crippen LogP contribution < -0.4 is 10.6 Å². The molecule has 8 heteroatoms. The maximum atomic E-state index is 11.3. The van der Waals surface area contributed by atoms with Crippen molar-refractivity contribution in [3.63, 3.8) is 0 Å². The lowest BCUT2D eigenvalue weighted by Crippen LogP contribution is -2.53. The van der Waals surface area contributed by atoms with E-state index in [1.807, 2.05) is 30.3 Å². The fourth-order valence-corrected chi connectivity index (χ4v) is 3.79. The van der Waals surface area contributed by atoms with Gasteiger partial charge in [-0.05, 0) is 41.8 Å². The molecule has 4 rings (SSSR count). The van der Waals surface area contributed by atoms with Crippen LogP contribution >= 0.6 is 0 Å². The van der Waals surface area contributed by atoms with E-state index in [-0.39, 0.29) is 5.75 Å². The fraction of sp³-hybridized carbons (Fsp3) is 0.292. The topological polar surface area (TPSA) is 111 Å². The number of aliphatic carboxylic acids is 1. The zero-order valence-corrected chi connectivity index (χ0v) is 17.7. The van der Waals surface area contributed by atoms with Gasteiger partial charge in [0, 0.05) is 44.5 Å². The molecule has 32 heavy (non-hydrogen) atoms. The second-order valence-electron chi connectivity index (χ2n) is 7.89. The molecule has 4 N–H and O–H groups in total. The Morgan fingerprint density at radius 2 is 2.00 bits per heavy atom. The Kier molecular flexibility index (Phi) is 6.94. The highest BCUT2D eigenvalue weighted by Gasteiger charge is 2.24. The van der Waals surface area contributed by atoms with Gasteiger partial charge in [0.25, 0.3) is 0 Å². The molecule has 3 aromatic rings. The number of hydrogen-bond acceptors (Lipinski definition) is 7. The normalized spacial score (nSPS) is 16.6. The first-order valence-corrected chi connectivity index (χ1v) is 10.7. The first kappa shape index (κ1) is 21.7. The number of aromatic hydroxyl groups is 1. The van der Waals surface area contributed by atoms with Crippen LogP contribution in [0, 0.1) is 0 Å². The van der Waals surface area contributed by atoms with Crippen LogP contribution in [0.15, 0.2) is 60.8 Å². The quantitative estimate of drug-likeness (QED) is 0.429. The first-order valence-electron chi connectivity index (χ1n) is 10.7. The smallest absolute Gasteiger partial charge is 0.322 e. The average molecular weight is 434 g/mol. The number of carboxylic acids is 1. The summed E-state index contributed by atoms with van der Waals surface area (Å²) >= 11 is 0. The zero-order valence-electron chi connectivity index (χ0n) is 17.7. The van der Waals surface area contributed by atoms with Crippen molar-refractivity contribution >= 4 is 11.9 Å². The number of carbonyl (C=O) groups is 1. The molecule has 8 nitrogen and oxygen atoms in total. The second kappa shape index (κ2) is 10.2. The molecule has 2 heterocycles. The summed E-state index contributed by atoms with van der Waals surface area (Å²) in [6.45, 7) is 3.35. The Morgan fingerprint density at radius 1 is 1.16 bits per heavy atom. The predicted octanol–water partition coefficient (Wildman–Crippen LogP) is 2.36. The van der Waals surface area contributed by atoms with Crippen LogP contribution in [-0.2, 0) is 17.8 Å². The number of hydrogen-bond donors (Lipinski definition) is 4. The second-order valence-corrected chi connectivity index (χ2v) is 7.89. The largest absolute Gasteiger partial charge is 0.508 e. The fourth-order valence-electron chi connectivity index (χ4n) is 3.79. The molecule has 0 aliphatic carbocycles. The summed E-state index contributed by atoms with van der Waals surface area (Å²) in [6, 6.07) is 16.7. The van der Waals surface area contributed by atoms with Gasteiger partial charge in [-0.1, -0.05) is 30.3 Å². The molecule has 0 bridgehead atoms. The molecule has 1 atom stereocenters. The number of rotatable bonds is 8. The molecule has 0 amide bonds. The van der Waals surface area contributed by atoms with E-state index in [1.54, 1.807) is 18.3 Å². The van der Waals surface area contributed by atoms with E-state index in [2.05, 4.69) is 37.6 Å². The van der Waals surface area contributed by atoms with Gasteiger partial charge in [-0.2, -0.15) is 0 Å². The number of carboxylic acid groups (broad SMARTS) is 1. The molecule has 1 saturated heterocycles. The summed E-state index contributed by atoms with van der Waals surface area (Å²) in [5.41, 5.74) is 4.07. The molecule has 1 aromatic heterocycles. The average Bonchev–Trinajstić information content (AvgIpc) is 2.81. The highest BCUT2D eigenvalue weighted by atomic mass is 16.4. The van der Waals surface area contributed by atoms with Crippen molar-refractivity contribution < 1.29 is 15.0 Å². The third-order valence-electron chi connectivity index (χ3n) is 5.48. The Bertz CT molecular complexity index is 1060. The lowest BCUT2D eigenvalue weighted by atomic mass is 10.1. The summed E-state index contributed by atoms with van der Waals surface area (Å²) in [5, 5.41) is 24.9. The van der Waals surface area contributed by atoms with Crippen molar-refractivity contribution in [2.24, 2.45) is 0 Å². The molecule has 0 radical (unpaired) electrons. The van der Waals surface area contributed by atoms with Gasteiger partial charge in [0.2, 0.25) is 5.95 Å². The van der Waals surface area contributed by atoms with Crippen LogP contribution in [0.5, 0.6) is 5.75 Å². The van der Waals surface area contributed by atoms with Crippen LogP contribution in [0.3, 0.4) is 0 Å². The first-order chi connectivity index (χ1) is 15.6. The number of anilines is 1. The molecule has 1 aliphatic rings. The van der Waals surface area contributed by atoms with E-state index in [9.17, 15) is 15.0 Å². The predicted molar refractivity (Wildman–Crippen MR) is 122 cm³/mol. The van der Waals surface area contributed by atoms with Crippen molar-refractivity contribution in [3.05, 3.63) is 71.9 Å². The Morgan fingerprint density at radius 3 is 2.81 bits per heavy atom. The monoisotopic (exact) mass is 433 g/mol. The van der Waals surface area contributed by atoms with E-state index in [1.165, 1.54) is 0 Å². The van der Waals surface area contributed by atoms with Gasteiger partial charge < -0.3 is 20.8 Å². The molecule has 1 aliphatic heterocycles. The lowest BCUT2D eigenvalue weighted by Gasteiger charge is -2.31. The number of phenolic OH excluding ortho intramolecular Hbond substituents is 1. The third kappa shape index (κ3) is 5.81. The molecule has 0 saturated carbocycles. The van der Waals surface area contributed by atoms with Crippen molar-refractivity contribution in [2.45, 2.75) is 19.0 Å². The molecule has 0 spiro atoms. The van der Waals surface area contributed by atoms with Crippen molar-refractivity contribution in [3.8, 4) is 17.0 Å². The van der Waals surface area contributed by atoms with Crippen LogP contribution in [-0.4, -0.2) is 63.3 Å². The number of phenols is 1. The number of nitrogens with one attached hydrogen (secondary N) is 2. The van der Waals surface area contributed by atoms with Crippen molar-refractivity contribution in [2.75, 3.05) is 31.5 Å². The van der Waals surface area contributed by atoms with Gasteiger partial charge in [-0.25, -0.2) is 9.97 Å². The summed E-state index contributed by atoms with van der Waals surface area (Å²) in [5.74, 6) is 0.0200. The molecule has 1 unspecified atom stereocenters. The maximum Gasteiger partial charge on any atom is 0.322 e. The van der Waals surface area contributed by atoms with Gasteiger partial charge in [-0.15, -0.1) is 0 Å². The van der Waals surface area contributed by atoms with E-state index in [0.717, 1.165) is 35.3 Å². The number of aromatic nitrogens is 2. The summed E-state index contributed by atoms with van der Waals surface area (Å²) in [4.78, 5) is 22.4. The summed E-state index contributed by atoms with van der Waals surface area (Å²) in [6.07, 6.45) is 2.54. The van der Waals surface area contributed by atoms with E-state index >= 15 is 0 Å². The minimum Gasteiger partial charge on any atom is -0.508 e. The molecule has 166 valence electrons. The number of benzene rings is 2. The molecular formula is C24H27N5O3. The van der Waals surface area contributed by atoms with Gasteiger partial charge in [0.15, 0.2) is 0 Å². The van der Waals surface area contributed by atoms with Gasteiger partial charge in [0.05, 0.1) is 5.69 Å². The summed E-state index contributed by atoms with van der Waals surface area (Å²) < 4.78 is 0.